The molecule has 188 valence electrons. The summed E-state index contributed by atoms with van der Waals surface area (Å²) in [6, 6.07) is 27.8. The summed E-state index contributed by atoms with van der Waals surface area (Å²) in [5, 5.41) is 13.9. The Bertz CT molecular complexity index is 1650. The lowest BCUT2D eigenvalue weighted by Crippen LogP contribution is -2.18. The molecule has 1 aliphatic carbocycles. The number of carbonyl (C=O) groups excluding carboxylic acids is 1. The van der Waals surface area contributed by atoms with E-state index in [2.05, 4.69) is 51.1 Å². The third kappa shape index (κ3) is 4.62. The van der Waals surface area contributed by atoms with Gasteiger partial charge in [-0.15, -0.1) is 0 Å². The van der Waals surface area contributed by atoms with Gasteiger partial charge in [-0.05, 0) is 70.1 Å². The maximum absolute atomic E-state index is 12.7. The number of nitrogens with one attached hydrogen (secondary N) is 2. The molecule has 2 N–H and O–H groups in total. The van der Waals surface area contributed by atoms with Crippen molar-refractivity contribution in [1.82, 2.24) is 15.6 Å². The van der Waals surface area contributed by atoms with E-state index in [1.165, 1.54) is 21.9 Å². The van der Waals surface area contributed by atoms with Gasteiger partial charge >= 0.3 is 0 Å². The number of ether oxygens (including phenoxy) is 2. The molecule has 0 saturated heterocycles. The van der Waals surface area contributed by atoms with E-state index in [9.17, 15) is 4.79 Å². The second-order valence-corrected chi connectivity index (χ2v) is 9.16. The predicted octanol–water partition coefficient (Wildman–Crippen LogP) is 5.68. The van der Waals surface area contributed by atoms with E-state index < -0.39 is 0 Å². The molecule has 0 bridgehead atoms. The van der Waals surface area contributed by atoms with Gasteiger partial charge in [-0.25, -0.2) is 5.43 Å². The Morgan fingerprint density at radius 2 is 1.82 bits per heavy atom. The standard InChI is InChI=1S/C31H26N4O3/c1-37-28-15-10-21(16-29(28)38-19-20-6-3-2-4-7-20)18-32-35-31(36)27-17-26(33-34-27)24-14-13-23-12-11-22-8-5-9-25(24)30(22)23/h2-10,13-18H,11-12,19H2,1H3,(H,33,34)(H,35,36)/b32-18-. The monoisotopic (exact) mass is 502 g/mol. The maximum Gasteiger partial charge on any atom is 0.289 e. The highest BCUT2D eigenvalue weighted by Gasteiger charge is 2.18. The summed E-state index contributed by atoms with van der Waals surface area (Å²) in [6.07, 6.45) is 3.70. The first-order valence-electron chi connectivity index (χ1n) is 12.5. The van der Waals surface area contributed by atoms with Gasteiger partial charge in [0, 0.05) is 5.56 Å². The van der Waals surface area contributed by atoms with E-state index in [1.807, 2.05) is 48.5 Å². The van der Waals surface area contributed by atoms with Crippen LogP contribution >= 0.6 is 0 Å². The van der Waals surface area contributed by atoms with Gasteiger partial charge in [-0.2, -0.15) is 10.2 Å². The number of hydrogen-bond donors (Lipinski definition) is 2. The van der Waals surface area contributed by atoms with Crippen molar-refractivity contribution in [1.29, 1.82) is 0 Å². The summed E-state index contributed by atoms with van der Waals surface area (Å²) in [4.78, 5) is 12.7. The number of amides is 1. The van der Waals surface area contributed by atoms with Crippen molar-refractivity contribution in [2.24, 2.45) is 5.10 Å². The van der Waals surface area contributed by atoms with Crippen LogP contribution in [0.4, 0.5) is 0 Å². The number of nitrogens with zero attached hydrogens (tertiary/aromatic N) is 2. The number of hydrazone groups is 1. The van der Waals surface area contributed by atoms with Crippen molar-refractivity contribution in [2.45, 2.75) is 19.4 Å². The molecule has 0 saturated carbocycles. The lowest BCUT2D eigenvalue weighted by atomic mass is 9.98. The molecule has 0 aliphatic heterocycles. The van der Waals surface area contributed by atoms with E-state index in [1.54, 1.807) is 19.4 Å². The minimum atomic E-state index is -0.375. The summed E-state index contributed by atoms with van der Waals surface area (Å²) >= 11 is 0. The number of methoxy groups -OCH3 is 1. The fourth-order valence-electron chi connectivity index (χ4n) is 4.89. The highest BCUT2D eigenvalue weighted by atomic mass is 16.5. The van der Waals surface area contributed by atoms with Crippen LogP contribution in [0.15, 0.2) is 90.0 Å². The Morgan fingerprint density at radius 3 is 2.66 bits per heavy atom. The smallest absolute Gasteiger partial charge is 0.289 e. The second-order valence-electron chi connectivity index (χ2n) is 9.16. The first-order chi connectivity index (χ1) is 18.7. The van der Waals surface area contributed by atoms with Gasteiger partial charge in [-0.1, -0.05) is 60.7 Å². The number of rotatable bonds is 8. The molecule has 1 amide bonds. The molecular weight excluding hydrogens is 476 g/mol. The molecule has 1 aromatic heterocycles. The van der Waals surface area contributed by atoms with Crippen LogP contribution in [0, 0.1) is 0 Å². The van der Waals surface area contributed by atoms with Crippen LogP contribution in [0.2, 0.25) is 0 Å². The number of carbonyl (C=O) groups is 1. The van der Waals surface area contributed by atoms with Crippen LogP contribution in [0.25, 0.3) is 22.0 Å². The third-order valence-electron chi connectivity index (χ3n) is 6.78. The van der Waals surface area contributed by atoms with E-state index in [4.69, 9.17) is 9.47 Å². The molecular formula is C31H26N4O3. The zero-order valence-electron chi connectivity index (χ0n) is 20.9. The minimum Gasteiger partial charge on any atom is -0.493 e. The Morgan fingerprint density at radius 1 is 0.974 bits per heavy atom. The molecule has 0 unspecified atom stereocenters. The van der Waals surface area contributed by atoms with Crippen LogP contribution in [0.1, 0.15) is 32.7 Å². The highest BCUT2D eigenvalue weighted by Crippen LogP contribution is 2.36. The molecule has 7 nitrogen and oxygen atoms in total. The molecule has 0 spiro atoms. The number of aromatic amines is 1. The molecule has 1 heterocycles. The second kappa shape index (κ2) is 10.2. The summed E-state index contributed by atoms with van der Waals surface area (Å²) < 4.78 is 11.4. The van der Waals surface area contributed by atoms with E-state index in [-0.39, 0.29) is 5.91 Å². The number of benzene rings is 4. The van der Waals surface area contributed by atoms with E-state index in [0.29, 0.717) is 23.8 Å². The van der Waals surface area contributed by atoms with E-state index >= 15 is 0 Å². The van der Waals surface area contributed by atoms with Gasteiger partial charge in [-0.3, -0.25) is 9.89 Å². The van der Waals surface area contributed by atoms with Gasteiger partial charge in [0.15, 0.2) is 11.5 Å². The van der Waals surface area contributed by atoms with E-state index in [0.717, 1.165) is 35.2 Å². The van der Waals surface area contributed by atoms with Crippen molar-refractivity contribution < 1.29 is 14.3 Å². The molecule has 4 aromatic carbocycles. The number of aryl methyl sites for hydroxylation is 2. The zero-order valence-corrected chi connectivity index (χ0v) is 20.9. The molecule has 0 radical (unpaired) electrons. The van der Waals surface area contributed by atoms with Gasteiger partial charge in [0.05, 0.1) is 19.0 Å². The number of H-pyrrole nitrogens is 1. The molecule has 0 atom stereocenters. The SMILES string of the molecule is COc1ccc(/C=N\NC(=O)c2cc(-c3ccc4c5c(cccc35)CC4)n[nH]2)cc1OCc1ccccc1. The lowest BCUT2D eigenvalue weighted by molar-refractivity contribution is 0.0950. The largest absolute Gasteiger partial charge is 0.493 e. The fourth-order valence-corrected chi connectivity index (χ4v) is 4.89. The summed E-state index contributed by atoms with van der Waals surface area (Å²) in [5.41, 5.74) is 9.19. The first kappa shape index (κ1) is 23.5. The van der Waals surface area contributed by atoms with Crippen molar-refractivity contribution in [3.63, 3.8) is 0 Å². The molecule has 1 aliphatic rings. The predicted molar refractivity (Wildman–Crippen MR) is 148 cm³/mol. The van der Waals surface area contributed by atoms with Crippen molar-refractivity contribution in [3.05, 3.63) is 113 Å². The normalized spacial score (nSPS) is 12.2. The first-order valence-corrected chi connectivity index (χ1v) is 12.5. The van der Waals surface area contributed by atoms with Crippen LogP contribution < -0.4 is 14.9 Å². The van der Waals surface area contributed by atoms with Crippen LogP contribution in [-0.2, 0) is 19.4 Å². The maximum atomic E-state index is 12.7. The Kier molecular flexibility index (Phi) is 6.32. The lowest BCUT2D eigenvalue weighted by Gasteiger charge is -2.11. The Balaban J connectivity index is 1.15. The zero-order chi connectivity index (χ0) is 25.9. The molecule has 0 fully saturated rings. The average Bonchev–Trinajstić information content (AvgIpc) is 3.62. The van der Waals surface area contributed by atoms with Crippen molar-refractivity contribution in [3.8, 4) is 22.8 Å². The minimum absolute atomic E-state index is 0.335. The van der Waals surface area contributed by atoms with Gasteiger partial charge in [0.1, 0.15) is 12.3 Å². The number of hydrogen-bond acceptors (Lipinski definition) is 5. The fraction of sp³-hybridized carbons (Fsp3) is 0.129. The Labute approximate surface area is 220 Å². The van der Waals surface area contributed by atoms with Gasteiger partial charge in [0.2, 0.25) is 0 Å². The molecule has 6 rings (SSSR count). The van der Waals surface area contributed by atoms with Gasteiger partial charge < -0.3 is 9.47 Å². The quantitative estimate of drug-likeness (QED) is 0.211. The van der Waals surface area contributed by atoms with Crippen LogP contribution in [0.3, 0.4) is 0 Å². The summed E-state index contributed by atoms with van der Waals surface area (Å²) in [5.74, 6) is 0.838. The van der Waals surface area contributed by atoms with Crippen molar-refractivity contribution in [2.75, 3.05) is 7.11 Å². The molecule has 5 aromatic rings. The molecule has 38 heavy (non-hydrogen) atoms. The number of aromatic nitrogens is 2. The Hall–Kier alpha value is -4.91. The van der Waals surface area contributed by atoms with Crippen LogP contribution in [0.5, 0.6) is 11.5 Å². The average molecular weight is 503 g/mol. The summed E-state index contributed by atoms with van der Waals surface area (Å²) in [6.45, 7) is 0.413. The van der Waals surface area contributed by atoms with Gasteiger partial charge in [0.25, 0.3) is 5.91 Å². The summed E-state index contributed by atoms with van der Waals surface area (Å²) in [7, 11) is 1.60. The van der Waals surface area contributed by atoms with Crippen molar-refractivity contribution >= 4 is 22.9 Å². The highest BCUT2D eigenvalue weighted by molar-refractivity contribution is 6.02. The topological polar surface area (TPSA) is 88.6 Å². The third-order valence-corrected chi connectivity index (χ3v) is 6.78. The molecule has 7 heteroatoms. The van der Waals surface area contributed by atoms with Crippen LogP contribution in [-0.4, -0.2) is 29.4 Å².